The number of carbonyl (C=O) groups excluding carboxylic acids is 2. The van der Waals surface area contributed by atoms with Crippen LogP contribution in [-0.4, -0.2) is 42.1 Å². The summed E-state index contributed by atoms with van der Waals surface area (Å²) in [7, 11) is 0. The topological polar surface area (TPSA) is 96.9 Å². The zero-order valence-electron chi connectivity index (χ0n) is 16.1. The number of ether oxygens (including phenoxy) is 2. The van der Waals surface area contributed by atoms with E-state index in [2.05, 4.69) is 10.6 Å². The molecular weight excluding hydrogens is 372 g/mol. The Kier molecular flexibility index (Phi) is 9.96. The fourth-order valence-electron chi connectivity index (χ4n) is 2.20. The molecule has 152 valence electrons. The highest BCUT2D eigenvalue weighted by Gasteiger charge is 2.18. The van der Waals surface area contributed by atoms with Gasteiger partial charge < -0.3 is 25.2 Å². The third-order valence-electron chi connectivity index (χ3n) is 3.51. The molecule has 27 heavy (non-hydrogen) atoms. The smallest absolute Gasteiger partial charge is 0.407 e. The average molecular weight is 401 g/mol. The summed E-state index contributed by atoms with van der Waals surface area (Å²) < 4.78 is 10.3. The molecule has 0 aliphatic rings. The maximum Gasteiger partial charge on any atom is 0.407 e. The van der Waals surface area contributed by atoms with Gasteiger partial charge in [0.25, 0.3) is 0 Å². The number of aliphatic hydroxyl groups excluding tert-OH is 1. The first kappa shape index (κ1) is 23.0. The monoisotopic (exact) mass is 400 g/mol. The molecule has 0 aliphatic heterocycles. The second kappa shape index (κ2) is 11.7. The van der Waals surface area contributed by atoms with E-state index in [0.29, 0.717) is 30.8 Å². The third kappa shape index (κ3) is 10.7. The Bertz CT molecular complexity index is 604. The standard InChI is InChI=1S/C19H29ClN2O5/c1-19(2,3)27-18(25)22-15(12-23)9-6-7-11-21-17(24)26-13-14-8-4-5-10-16(14)20/h4-5,8,10,15,23H,6-7,9,11-13H2,1-3H3,(H,21,24)(H,22,25)/t15-/m0/s1. The van der Waals surface area contributed by atoms with Crippen LogP contribution in [0.15, 0.2) is 24.3 Å². The van der Waals surface area contributed by atoms with Gasteiger partial charge in [-0.05, 0) is 46.1 Å². The molecule has 1 rings (SSSR count). The van der Waals surface area contributed by atoms with Crippen LogP contribution in [0.2, 0.25) is 5.02 Å². The number of amides is 2. The number of aliphatic hydroxyl groups is 1. The van der Waals surface area contributed by atoms with Crippen molar-refractivity contribution in [1.82, 2.24) is 10.6 Å². The van der Waals surface area contributed by atoms with Gasteiger partial charge in [0.15, 0.2) is 0 Å². The second-order valence-electron chi connectivity index (χ2n) is 7.12. The van der Waals surface area contributed by atoms with Gasteiger partial charge in [0.05, 0.1) is 12.6 Å². The molecule has 0 saturated heterocycles. The maximum absolute atomic E-state index is 11.7. The minimum absolute atomic E-state index is 0.109. The SMILES string of the molecule is CC(C)(C)OC(=O)N[C@H](CO)CCCCNC(=O)OCc1ccccc1Cl. The van der Waals surface area contributed by atoms with E-state index in [0.717, 1.165) is 5.56 Å². The predicted molar refractivity (Wildman–Crippen MR) is 104 cm³/mol. The fourth-order valence-corrected chi connectivity index (χ4v) is 2.39. The van der Waals surface area contributed by atoms with Crippen LogP contribution in [-0.2, 0) is 16.1 Å². The van der Waals surface area contributed by atoms with Crippen LogP contribution >= 0.6 is 11.6 Å². The summed E-state index contributed by atoms with van der Waals surface area (Å²) in [5.74, 6) is 0. The van der Waals surface area contributed by atoms with Crippen LogP contribution in [0.5, 0.6) is 0 Å². The number of hydrogen-bond donors (Lipinski definition) is 3. The zero-order valence-corrected chi connectivity index (χ0v) is 16.8. The Hall–Kier alpha value is -1.99. The number of unbranched alkanes of at least 4 members (excludes halogenated alkanes) is 1. The van der Waals surface area contributed by atoms with Crippen molar-refractivity contribution in [2.24, 2.45) is 0 Å². The lowest BCUT2D eigenvalue weighted by Crippen LogP contribution is -2.41. The molecule has 3 N–H and O–H groups in total. The van der Waals surface area contributed by atoms with Gasteiger partial charge in [-0.2, -0.15) is 0 Å². The molecule has 0 radical (unpaired) electrons. The summed E-state index contributed by atoms with van der Waals surface area (Å²) in [5.41, 5.74) is 0.159. The number of alkyl carbamates (subject to hydrolysis) is 2. The van der Waals surface area contributed by atoms with Crippen molar-refractivity contribution in [3.8, 4) is 0 Å². The molecule has 0 saturated carbocycles. The molecule has 0 bridgehead atoms. The first-order valence-corrected chi connectivity index (χ1v) is 9.33. The molecule has 1 atom stereocenters. The molecule has 0 unspecified atom stereocenters. The molecule has 8 heteroatoms. The van der Waals surface area contributed by atoms with Crippen LogP contribution in [0.25, 0.3) is 0 Å². The fraction of sp³-hybridized carbons (Fsp3) is 0.579. The Morgan fingerprint density at radius 1 is 1.19 bits per heavy atom. The van der Waals surface area contributed by atoms with E-state index in [1.165, 1.54) is 0 Å². The van der Waals surface area contributed by atoms with E-state index >= 15 is 0 Å². The Morgan fingerprint density at radius 3 is 2.52 bits per heavy atom. The zero-order chi connectivity index (χ0) is 20.3. The summed E-state index contributed by atoms with van der Waals surface area (Å²) in [6.07, 6.45) is 0.911. The van der Waals surface area contributed by atoms with E-state index in [1.54, 1.807) is 32.9 Å². The largest absolute Gasteiger partial charge is 0.445 e. The number of hydrogen-bond acceptors (Lipinski definition) is 5. The van der Waals surface area contributed by atoms with Crippen LogP contribution in [0.3, 0.4) is 0 Å². The number of rotatable bonds is 9. The first-order valence-electron chi connectivity index (χ1n) is 8.95. The third-order valence-corrected chi connectivity index (χ3v) is 3.88. The number of halogens is 1. The predicted octanol–water partition coefficient (Wildman–Crippen LogP) is 3.62. The van der Waals surface area contributed by atoms with Crippen molar-refractivity contribution in [3.63, 3.8) is 0 Å². The van der Waals surface area contributed by atoms with Gasteiger partial charge >= 0.3 is 12.2 Å². The summed E-state index contributed by atoms with van der Waals surface area (Å²) >= 11 is 6.00. The van der Waals surface area contributed by atoms with Crippen LogP contribution in [0.4, 0.5) is 9.59 Å². The molecule has 0 aromatic heterocycles. The van der Waals surface area contributed by atoms with E-state index in [4.69, 9.17) is 21.1 Å². The van der Waals surface area contributed by atoms with Crippen LogP contribution in [0, 0.1) is 0 Å². The van der Waals surface area contributed by atoms with Gasteiger partial charge in [0, 0.05) is 17.1 Å². The average Bonchev–Trinajstić information content (AvgIpc) is 2.58. The highest BCUT2D eigenvalue weighted by molar-refractivity contribution is 6.31. The number of nitrogens with one attached hydrogen (secondary N) is 2. The summed E-state index contributed by atoms with van der Waals surface area (Å²) in [6, 6.07) is 6.78. The van der Waals surface area contributed by atoms with E-state index in [9.17, 15) is 14.7 Å². The van der Waals surface area contributed by atoms with Crippen molar-refractivity contribution in [1.29, 1.82) is 0 Å². The lowest BCUT2D eigenvalue weighted by molar-refractivity contribution is 0.0478. The number of carbonyl (C=O) groups is 2. The van der Waals surface area contributed by atoms with Crippen molar-refractivity contribution in [3.05, 3.63) is 34.9 Å². The molecule has 0 fully saturated rings. The van der Waals surface area contributed by atoms with E-state index in [1.807, 2.05) is 12.1 Å². The molecule has 2 amide bonds. The second-order valence-corrected chi connectivity index (χ2v) is 7.52. The van der Waals surface area contributed by atoms with Gasteiger partial charge in [-0.15, -0.1) is 0 Å². The minimum Gasteiger partial charge on any atom is -0.445 e. The maximum atomic E-state index is 11.7. The Morgan fingerprint density at radius 2 is 1.89 bits per heavy atom. The van der Waals surface area contributed by atoms with E-state index < -0.39 is 17.8 Å². The van der Waals surface area contributed by atoms with Crippen molar-refractivity contribution < 1.29 is 24.2 Å². The van der Waals surface area contributed by atoms with Gasteiger partial charge in [-0.25, -0.2) is 9.59 Å². The van der Waals surface area contributed by atoms with Crippen molar-refractivity contribution >= 4 is 23.8 Å². The van der Waals surface area contributed by atoms with E-state index in [-0.39, 0.29) is 19.3 Å². The molecule has 0 spiro atoms. The summed E-state index contributed by atoms with van der Waals surface area (Å²) in [6.45, 7) is 5.70. The van der Waals surface area contributed by atoms with Gasteiger partial charge in [-0.3, -0.25) is 0 Å². The highest BCUT2D eigenvalue weighted by atomic mass is 35.5. The summed E-state index contributed by atoms with van der Waals surface area (Å²) in [4.78, 5) is 23.4. The lowest BCUT2D eigenvalue weighted by atomic mass is 10.1. The quantitative estimate of drug-likeness (QED) is 0.550. The van der Waals surface area contributed by atoms with Gasteiger partial charge in [0.1, 0.15) is 12.2 Å². The van der Waals surface area contributed by atoms with Gasteiger partial charge in [0.2, 0.25) is 0 Å². The van der Waals surface area contributed by atoms with Crippen molar-refractivity contribution in [2.75, 3.05) is 13.2 Å². The molecule has 0 heterocycles. The molecular formula is C19H29ClN2O5. The molecule has 7 nitrogen and oxygen atoms in total. The minimum atomic E-state index is -0.585. The van der Waals surface area contributed by atoms with Gasteiger partial charge in [-0.1, -0.05) is 29.8 Å². The number of benzene rings is 1. The normalized spacial score (nSPS) is 12.2. The lowest BCUT2D eigenvalue weighted by Gasteiger charge is -2.22. The first-order chi connectivity index (χ1) is 12.7. The van der Waals surface area contributed by atoms with Crippen LogP contribution < -0.4 is 10.6 Å². The Labute approximate surface area is 165 Å². The highest BCUT2D eigenvalue weighted by Crippen LogP contribution is 2.15. The van der Waals surface area contributed by atoms with Crippen molar-refractivity contribution in [2.45, 2.75) is 58.3 Å². The molecule has 1 aromatic carbocycles. The molecule has 1 aromatic rings. The van der Waals surface area contributed by atoms with Crippen LogP contribution in [0.1, 0.15) is 45.6 Å². The molecule has 0 aliphatic carbocycles. The Balaban J connectivity index is 2.16. The summed E-state index contributed by atoms with van der Waals surface area (Å²) in [5, 5.41) is 15.2.